The number of aliphatic hydroxyl groups excluding tert-OH is 1. The lowest BCUT2D eigenvalue weighted by atomic mass is 10.1. The Hall–Kier alpha value is 0.650. The van der Waals surface area contributed by atoms with Crippen molar-refractivity contribution in [1.29, 1.82) is 0 Å². The molecule has 0 aliphatic rings. The van der Waals surface area contributed by atoms with Gasteiger partial charge in [0, 0.05) is 0 Å². The summed E-state index contributed by atoms with van der Waals surface area (Å²) in [5.41, 5.74) is 0.0139. The summed E-state index contributed by atoms with van der Waals surface area (Å²) < 4.78 is 0. The Balaban J connectivity index is 0. The van der Waals surface area contributed by atoms with Gasteiger partial charge in [-0.25, -0.2) is 0 Å². The van der Waals surface area contributed by atoms with Gasteiger partial charge in [-0.3, -0.25) is 0 Å². The molecular weight excluding hydrogens is 217 g/mol. The van der Waals surface area contributed by atoms with E-state index in [2.05, 4.69) is 0 Å². The molecule has 0 bridgehead atoms. The Morgan fingerprint density at radius 2 is 1.88 bits per heavy atom. The molecule has 0 atom stereocenters. The van der Waals surface area contributed by atoms with E-state index in [1.54, 1.807) is 0 Å². The van der Waals surface area contributed by atoms with Crippen LogP contribution in [0.4, 0.5) is 0 Å². The Labute approximate surface area is 67.7 Å². The molecule has 0 unspecified atom stereocenters. The Morgan fingerprint density at radius 1 is 1.50 bits per heavy atom. The lowest BCUT2D eigenvalue weighted by Gasteiger charge is -2.15. The predicted molar refractivity (Wildman–Crippen MR) is 44.4 cm³/mol. The van der Waals surface area contributed by atoms with E-state index in [1.165, 1.54) is 0 Å². The van der Waals surface area contributed by atoms with Gasteiger partial charge < -0.3 is 10.4 Å². The molecule has 0 aromatic rings. The third kappa shape index (κ3) is 4.80. The minimum Gasteiger partial charge on any atom is -0.390 e. The zero-order valence-corrected chi connectivity index (χ0v) is 7.97. The van der Waals surface area contributed by atoms with Gasteiger partial charge in [-0.15, -0.1) is 24.0 Å². The van der Waals surface area contributed by atoms with Crippen LogP contribution in [0.3, 0.4) is 0 Å². The largest absolute Gasteiger partial charge is 0.390 e. The van der Waals surface area contributed by atoms with Gasteiger partial charge in [0.05, 0.1) is 13.7 Å². The molecule has 0 heterocycles. The zero-order chi connectivity index (χ0) is 5.91. The molecule has 0 saturated heterocycles. The summed E-state index contributed by atoms with van der Waals surface area (Å²) in [7, 11) is 1.95. The van der Waals surface area contributed by atoms with Crippen molar-refractivity contribution in [3.63, 3.8) is 0 Å². The second-order valence-corrected chi connectivity index (χ2v) is 2.44. The lowest BCUT2D eigenvalue weighted by Crippen LogP contribution is -2.93. The second kappa shape index (κ2) is 4.52. The fourth-order valence-electron chi connectivity index (χ4n) is 0.0913. The van der Waals surface area contributed by atoms with Crippen molar-refractivity contribution in [1.82, 2.24) is 0 Å². The van der Waals surface area contributed by atoms with Crippen LogP contribution in [-0.4, -0.2) is 24.3 Å². The molecule has 0 spiro atoms. The van der Waals surface area contributed by atoms with E-state index in [9.17, 15) is 0 Å². The highest BCUT2D eigenvalue weighted by molar-refractivity contribution is 14.0. The number of aliphatic hydroxyl groups is 1. The number of quaternary nitrogens is 1. The summed E-state index contributed by atoms with van der Waals surface area (Å²) in [6.45, 7) is 4.23. The first-order chi connectivity index (χ1) is 3.12. The summed E-state index contributed by atoms with van der Waals surface area (Å²) in [6.07, 6.45) is 0. The van der Waals surface area contributed by atoms with Crippen molar-refractivity contribution in [2.45, 2.75) is 19.4 Å². The minimum atomic E-state index is 0. The van der Waals surface area contributed by atoms with Gasteiger partial charge in [-0.2, -0.15) is 0 Å². The summed E-state index contributed by atoms with van der Waals surface area (Å²) in [6, 6.07) is 0. The maximum atomic E-state index is 8.56. The van der Waals surface area contributed by atoms with Crippen LogP contribution in [0, 0.1) is 0 Å². The molecule has 0 rings (SSSR count). The van der Waals surface area contributed by atoms with Crippen LogP contribution >= 0.6 is 24.0 Å². The van der Waals surface area contributed by atoms with Gasteiger partial charge in [-0.05, 0) is 13.8 Å². The fraction of sp³-hybridized carbons (Fsp3) is 1.00. The molecule has 8 heavy (non-hydrogen) atoms. The van der Waals surface area contributed by atoms with Crippen LogP contribution in [0.15, 0.2) is 0 Å². The van der Waals surface area contributed by atoms with Crippen molar-refractivity contribution in [2.24, 2.45) is 0 Å². The van der Waals surface area contributed by atoms with Gasteiger partial charge in [0.1, 0.15) is 5.54 Å². The Bertz CT molecular complexity index is 50.4. The smallest absolute Gasteiger partial charge is 0.114 e. The second-order valence-electron chi connectivity index (χ2n) is 2.44. The summed E-state index contributed by atoms with van der Waals surface area (Å²) in [5, 5.41) is 10.6. The van der Waals surface area contributed by atoms with E-state index >= 15 is 0 Å². The summed E-state index contributed by atoms with van der Waals surface area (Å²) in [5.74, 6) is 0. The van der Waals surface area contributed by atoms with Gasteiger partial charge in [0.15, 0.2) is 0 Å². The van der Waals surface area contributed by atoms with Crippen molar-refractivity contribution < 1.29 is 10.4 Å². The average molecular weight is 232 g/mol. The molecule has 3 N–H and O–H groups in total. The molecule has 52 valence electrons. The van der Waals surface area contributed by atoms with Crippen molar-refractivity contribution in [3.8, 4) is 0 Å². The molecule has 0 amide bonds. The van der Waals surface area contributed by atoms with E-state index < -0.39 is 0 Å². The molecule has 0 radical (unpaired) electrons. The number of hydrogen-bond acceptors (Lipinski definition) is 1. The number of likely N-dealkylation sites (N-methyl/N-ethyl adjacent to an activating group) is 1. The van der Waals surface area contributed by atoms with Crippen LogP contribution in [0.1, 0.15) is 13.8 Å². The van der Waals surface area contributed by atoms with Crippen LogP contribution in [0.2, 0.25) is 0 Å². The Morgan fingerprint density at radius 3 is 1.88 bits per heavy atom. The van der Waals surface area contributed by atoms with E-state index in [1.807, 2.05) is 26.2 Å². The van der Waals surface area contributed by atoms with Crippen molar-refractivity contribution in [3.05, 3.63) is 0 Å². The first kappa shape index (κ1) is 11.4. The quantitative estimate of drug-likeness (QED) is 0.623. The Kier molecular flexibility index (Phi) is 6.47. The molecule has 0 aliphatic heterocycles. The maximum Gasteiger partial charge on any atom is 0.114 e. The van der Waals surface area contributed by atoms with Crippen molar-refractivity contribution >= 4 is 24.0 Å². The summed E-state index contributed by atoms with van der Waals surface area (Å²) >= 11 is 0. The van der Waals surface area contributed by atoms with E-state index in [4.69, 9.17) is 5.11 Å². The summed E-state index contributed by atoms with van der Waals surface area (Å²) in [4.78, 5) is 0. The van der Waals surface area contributed by atoms with E-state index in [-0.39, 0.29) is 36.1 Å². The highest BCUT2D eigenvalue weighted by atomic mass is 127. The number of hydrogen-bond donors (Lipinski definition) is 2. The highest BCUT2D eigenvalue weighted by Gasteiger charge is 2.15. The predicted octanol–water partition coefficient (Wildman–Crippen LogP) is -0.431. The van der Waals surface area contributed by atoms with E-state index in [0.29, 0.717) is 0 Å². The third-order valence-corrected chi connectivity index (χ3v) is 1.19. The lowest BCUT2D eigenvalue weighted by molar-refractivity contribution is -0.698. The molecule has 0 saturated carbocycles. The molecule has 3 heteroatoms. The number of rotatable bonds is 2. The molecular formula is C5H15INO+. The van der Waals surface area contributed by atoms with Gasteiger partial charge in [0.2, 0.25) is 0 Å². The molecule has 0 aromatic carbocycles. The molecule has 2 nitrogen and oxygen atoms in total. The maximum absolute atomic E-state index is 8.56. The topological polar surface area (TPSA) is 36.8 Å². The van der Waals surface area contributed by atoms with E-state index in [0.717, 1.165) is 0 Å². The first-order valence-electron chi connectivity index (χ1n) is 2.54. The van der Waals surface area contributed by atoms with Crippen LogP contribution < -0.4 is 5.32 Å². The standard InChI is InChI=1S/C5H13NO.HI/c1-5(2,4-7)6-3;/h6-7H,4H2,1-3H3;1H/p+1. The van der Waals surface area contributed by atoms with Gasteiger partial charge in [0.25, 0.3) is 0 Å². The van der Waals surface area contributed by atoms with Crippen LogP contribution in [-0.2, 0) is 0 Å². The molecule has 0 aliphatic carbocycles. The van der Waals surface area contributed by atoms with Crippen LogP contribution in [0.25, 0.3) is 0 Å². The number of halogens is 1. The first-order valence-corrected chi connectivity index (χ1v) is 2.54. The minimum absolute atomic E-state index is 0. The molecule has 0 fully saturated rings. The monoisotopic (exact) mass is 232 g/mol. The van der Waals surface area contributed by atoms with Crippen molar-refractivity contribution in [2.75, 3.05) is 13.7 Å². The fourth-order valence-corrected chi connectivity index (χ4v) is 0.0913. The number of nitrogens with two attached hydrogens (primary N) is 1. The third-order valence-electron chi connectivity index (χ3n) is 1.19. The normalized spacial score (nSPS) is 10.5. The average Bonchev–Trinajstić information content (AvgIpc) is 1.68. The van der Waals surface area contributed by atoms with Crippen LogP contribution in [0.5, 0.6) is 0 Å². The van der Waals surface area contributed by atoms with Gasteiger partial charge >= 0.3 is 0 Å². The van der Waals surface area contributed by atoms with Gasteiger partial charge in [-0.1, -0.05) is 0 Å². The SMILES string of the molecule is C[NH2+]C(C)(C)CO.I. The molecule has 0 aromatic heterocycles. The zero-order valence-electron chi connectivity index (χ0n) is 5.64. The highest BCUT2D eigenvalue weighted by Crippen LogP contribution is 1.87.